The molecule has 0 saturated carbocycles. The van der Waals surface area contributed by atoms with Crippen molar-refractivity contribution < 1.29 is 8.42 Å². The Bertz CT molecular complexity index is 764. The average Bonchev–Trinajstić information content (AvgIpc) is 2.38. The molecule has 0 bridgehead atoms. The molecule has 2 N–H and O–H groups in total. The third-order valence-electron chi connectivity index (χ3n) is 2.88. The van der Waals surface area contributed by atoms with Gasteiger partial charge in [-0.25, -0.2) is 8.42 Å². The molecule has 20 heavy (non-hydrogen) atoms. The first-order chi connectivity index (χ1) is 9.40. The van der Waals surface area contributed by atoms with E-state index in [9.17, 15) is 13.2 Å². The van der Waals surface area contributed by atoms with Gasteiger partial charge in [-0.2, -0.15) is 0 Å². The van der Waals surface area contributed by atoms with Crippen LogP contribution in [0.5, 0.6) is 0 Å². The van der Waals surface area contributed by atoms with E-state index in [0.29, 0.717) is 11.6 Å². The van der Waals surface area contributed by atoms with E-state index in [1.54, 1.807) is 18.2 Å². The number of rotatable bonds is 4. The lowest BCUT2D eigenvalue weighted by Gasteiger charge is -2.10. The minimum atomic E-state index is -3.88. The fourth-order valence-corrected chi connectivity index (χ4v) is 2.89. The molecule has 0 aliphatic carbocycles. The normalized spacial score (nSPS) is 11.6. The van der Waals surface area contributed by atoms with E-state index in [2.05, 4.69) is 9.71 Å². The molecule has 6 heteroatoms. The van der Waals surface area contributed by atoms with Gasteiger partial charge in [-0.3, -0.25) is 9.52 Å². The highest BCUT2D eigenvalue weighted by Crippen LogP contribution is 2.20. The minimum Gasteiger partial charge on any atom is -0.366 e. The number of sulfonamides is 1. The summed E-state index contributed by atoms with van der Waals surface area (Å²) in [6.45, 7) is 4.05. The maximum absolute atomic E-state index is 12.2. The SMILES string of the molecule is CC(C)c1cccc(NS(=O)(=O)c2c[nH]ccc2=O)c1. The predicted octanol–water partition coefficient (Wildman–Crippen LogP) is 2.30. The summed E-state index contributed by atoms with van der Waals surface area (Å²) in [4.78, 5) is 13.9. The maximum atomic E-state index is 12.2. The van der Waals surface area contributed by atoms with Crippen LogP contribution in [0, 0.1) is 0 Å². The van der Waals surface area contributed by atoms with Crippen molar-refractivity contribution in [3.63, 3.8) is 0 Å². The second-order valence-electron chi connectivity index (χ2n) is 4.76. The molecular weight excluding hydrogens is 276 g/mol. The Balaban J connectivity index is 2.36. The van der Waals surface area contributed by atoms with Crippen LogP contribution in [0.25, 0.3) is 0 Å². The summed E-state index contributed by atoms with van der Waals surface area (Å²) < 4.78 is 26.8. The van der Waals surface area contributed by atoms with Crippen molar-refractivity contribution in [2.75, 3.05) is 4.72 Å². The molecule has 2 aromatic rings. The summed E-state index contributed by atoms with van der Waals surface area (Å²) in [5, 5.41) is 0. The molecule has 0 unspecified atom stereocenters. The molecule has 1 heterocycles. The van der Waals surface area contributed by atoms with Crippen molar-refractivity contribution >= 4 is 15.7 Å². The Morgan fingerprint density at radius 3 is 2.60 bits per heavy atom. The molecule has 106 valence electrons. The van der Waals surface area contributed by atoms with Gasteiger partial charge in [0.25, 0.3) is 10.0 Å². The van der Waals surface area contributed by atoms with E-state index in [-0.39, 0.29) is 4.90 Å². The van der Waals surface area contributed by atoms with Crippen LogP contribution in [-0.4, -0.2) is 13.4 Å². The number of benzene rings is 1. The first-order valence-corrected chi connectivity index (χ1v) is 7.68. The largest absolute Gasteiger partial charge is 0.366 e. The zero-order valence-electron chi connectivity index (χ0n) is 11.3. The van der Waals surface area contributed by atoms with Crippen molar-refractivity contribution in [2.45, 2.75) is 24.7 Å². The first kappa shape index (κ1) is 14.3. The molecule has 5 nitrogen and oxygen atoms in total. The zero-order valence-corrected chi connectivity index (χ0v) is 12.1. The van der Waals surface area contributed by atoms with Crippen LogP contribution in [-0.2, 0) is 10.0 Å². The Hall–Kier alpha value is -2.08. The molecule has 0 aliphatic heterocycles. The number of anilines is 1. The Labute approximate surface area is 117 Å². The van der Waals surface area contributed by atoms with Crippen LogP contribution in [0.4, 0.5) is 5.69 Å². The number of H-pyrrole nitrogens is 1. The predicted molar refractivity (Wildman–Crippen MR) is 78.4 cm³/mol. The van der Waals surface area contributed by atoms with Crippen LogP contribution in [0.1, 0.15) is 25.3 Å². The average molecular weight is 292 g/mol. The highest BCUT2D eigenvalue weighted by molar-refractivity contribution is 7.92. The van der Waals surface area contributed by atoms with Gasteiger partial charge in [0, 0.05) is 24.1 Å². The molecule has 0 radical (unpaired) electrons. The molecule has 0 saturated heterocycles. The standard InChI is InChI=1S/C14H16N2O3S/c1-10(2)11-4-3-5-12(8-11)16-20(18,19)14-9-15-7-6-13(14)17/h3-10,16H,1-2H3,(H,15,17). The Morgan fingerprint density at radius 2 is 1.95 bits per heavy atom. The molecule has 0 amide bonds. The maximum Gasteiger partial charge on any atom is 0.267 e. The third kappa shape index (κ3) is 3.08. The summed E-state index contributed by atoms with van der Waals surface area (Å²) in [7, 11) is -3.88. The lowest BCUT2D eigenvalue weighted by Crippen LogP contribution is -2.21. The lowest BCUT2D eigenvalue weighted by atomic mass is 10.0. The zero-order chi connectivity index (χ0) is 14.8. The fourth-order valence-electron chi connectivity index (χ4n) is 1.78. The second-order valence-corrected chi connectivity index (χ2v) is 6.41. The van der Waals surface area contributed by atoms with E-state index in [1.807, 2.05) is 19.9 Å². The van der Waals surface area contributed by atoms with Gasteiger partial charge in [0.05, 0.1) is 0 Å². The van der Waals surface area contributed by atoms with Crippen LogP contribution < -0.4 is 10.2 Å². The quantitative estimate of drug-likeness (QED) is 0.907. The number of hydrogen-bond acceptors (Lipinski definition) is 3. The van der Waals surface area contributed by atoms with Gasteiger partial charge in [0.2, 0.25) is 5.43 Å². The highest BCUT2D eigenvalue weighted by atomic mass is 32.2. The van der Waals surface area contributed by atoms with Crippen LogP contribution in [0.2, 0.25) is 0 Å². The molecule has 0 fully saturated rings. The Morgan fingerprint density at radius 1 is 1.20 bits per heavy atom. The van der Waals surface area contributed by atoms with Crippen molar-refractivity contribution in [3.05, 3.63) is 58.5 Å². The summed E-state index contributed by atoms with van der Waals surface area (Å²) in [5.74, 6) is 0.291. The van der Waals surface area contributed by atoms with Crippen molar-refractivity contribution in [1.82, 2.24) is 4.98 Å². The first-order valence-electron chi connectivity index (χ1n) is 6.20. The molecule has 1 aromatic carbocycles. The molecule has 0 aliphatic rings. The molecule has 0 atom stereocenters. The summed E-state index contributed by atoms with van der Waals surface area (Å²) in [6, 6.07) is 8.30. The summed E-state index contributed by atoms with van der Waals surface area (Å²) in [6.07, 6.45) is 2.57. The number of aromatic nitrogens is 1. The van der Waals surface area contributed by atoms with Gasteiger partial charge in [-0.05, 0) is 23.6 Å². The van der Waals surface area contributed by atoms with Crippen molar-refractivity contribution in [2.24, 2.45) is 0 Å². The molecular formula is C14H16N2O3S. The summed E-state index contributed by atoms with van der Waals surface area (Å²) >= 11 is 0. The van der Waals surface area contributed by atoms with E-state index < -0.39 is 15.5 Å². The van der Waals surface area contributed by atoms with Gasteiger partial charge >= 0.3 is 0 Å². The van der Waals surface area contributed by atoms with E-state index >= 15 is 0 Å². The minimum absolute atomic E-state index is 0.291. The van der Waals surface area contributed by atoms with E-state index in [0.717, 1.165) is 5.56 Å². The Kier molecular flexibility index (Phi) is 3.94. The lowest BCUT2D eigenvalue weighted by molar-refractivity contribution is 0.600. The van der Waals surface area contributed by atoms with Crippen LogP contribution >= 0.6 is 0 Å². The van der Waals surface area contributed by atoms with Gasteiger partial charge < -0.3 is 4.98 Å². The third-order valence-corrected chi connectivity index (χ3v) is 4.29. The molecule has 0 spiro atoms. The fraction of sp³-hybridized carbons (Fsp3) is 0.214. The van der Waals surface area contributed by atoms with Gasteiger partial charge in [-0.1, -0.05) is 26.0 Å². The smallest absolute Gasteiger partial charge is 0.267 e. The number of pyridine rings is 1. The number of nitrogens with one attached hydrogen (secondary N) is 2. The highest BCUT2D eigenvalue weighted by Gasteiger charge is 2.17. The van der Waals surface area contributed by atoms with Gasteiger partial charge in [-0.15, -0.1) is 0 Å². The summed E-state index contributed by atoms with van der Waals surface area (Å²) in [5.41, 5.74) is 0.919. The van der Waals surface area contributed by atoms with Crippen molar-refractivity contribution in [3.8, 4) is 0 Å². The van der Waals surface area contributed by atoms with Crippen molar-refractivity contribution in [1.29, 1.82) is 0 Å². The van der Waals surface area contributed by atoms with Gasteiger partial charge in [0.1, 0.15) is 0 Å². The van der Waals surface area contributed by atoms with Gasteiger partial charge in [0.15, 0.2) is 4.90 Å². The van der Waals surface area contributed by atoms with E-state index in [1.165, 1.54) is 18.5 Å². The molecule has 1 aromatic heterocycles. The van der Waals surface area contributed by atoms with Crippen LogP contribution in [0.15, 0.2) is 52.4 Å². The molecule has 2 rings (SSSR count). The number of hydrogen-bond donors (Lipinski definition) is 2. The van der Waals surface area contributed by atoms with Crippen LogP contribution in [0.3, 0.4) is 0 Å². The van der Waals surface area contributed by atoms with E-state index in [4.69, 9.17) is 0 Å². The second kappa shape index (κ2) is 5.50. The number of aromatic amines is 1. The topological polar surface area (TPSA) is 79.0 Å². The monoisotopic (exact) mass is 292 g/mol.